The van der Waals surface area contributed by atoms with Crippen LogP contribution in [-0.2, 0) is 6.18 Å². The van der Waals surface area contributed by atoms with Crippen molar-refractivity contribution < 1.29 is 27.8 Å². The summed E-state index contributed by atoms with van der Waals surface area (Å²) >= 11 is 3.63. The second-order valence-electron chi connectivity index (χ2n) is 3.39. The Morgan fingerprint density at radius 2 is 1.82 bits per heavy atom. The molecular formula is C10H10F4O2S. The lowest BCUT2D eigenvalue weighted by Crippen LogP contribution is -2.24. The van der Waals surface area contributed by atoms with Crippen molar-refractivity contribution in [2.45, 2.75) is 18.4 Å². The van der Waals surface area contributed by atoms with Crippen molar-refractivity contribution in [3.63, 3.8) is 0 Å². The van der Waals surface area contributed by atoms with Crippen LogP contribution in [0.25, 0.3) is 0 Å². The Kier molecular flexibility index (Phi) is 4.40. The normalized spacial score (nSPS) is 15.7. The van der Waals surface area contributed by atoms with E-state index in [1.807, 2.05) is 0 Å². The first kappa shape index (κ1) is 14.3. The Balaban J connectivity index is 3.30. The molecule has 1 aromatic rings. The number of benzene rings is 1. The fourth-order valence-electron chi connectivity index (χ4n) is 1.38. The number of thiol groups is 1. The largest absolute Gasteiger partial charge is 0.416 e. The summed E-state index contributed by atoms with van der Waals surface area (Å²) in [6, 6.07) is 2.33. The maximum Gasteiger partial charge on any atom is 0.416 e. The van der Waals surface area contributed by atoms with Crippen molar-refractivity contribution >= 4 is 12.6 Å². The van der Waals surface area contributed by atoms with Gasteiger partial charge in [0.25, 0.3) is 0 Å². The van der Waals surface area contributed by atoms with E-state index in [0.717, 1.165) is 12.1 Å². The summed E-state index contributed by atoms with van der Waals surface area (Å²) in [7, 11) is 0. The highest BCUT2D eigenvalue weighted by Crippen LogP contribution is 2.36. The van der Waals surface area contributed by atoms with E-state index in [-0.39, 0.29) is 5.75 Å². The average molecular weight is 270 g/mol. The first-order valence-electron chi connectivity index (χ1n) is 4.61. The van der Waals surface area contributed by atoms with Gasteiger partial charge in [0.1, 0.15) is 11.9 Å². The number of hydrogen-bond donors (Lipinski definition) is 3. The van der Waals surface area contributed by atoms with E-state index in [9.17, 15) is 27.8 Å². The van der Waals surface area contributed by atoms with Gasteiger partial charge in [-0.25, -0.2) is 4.39 Å². The van der Waals surface area contributed by atoms with Crippen molar-refractivity contribution in [3.05, 3.63) is 35.1 Å². The van der Waals surface area contributed by atoms with Crippen molar-refractivity contribution in [1.29, 1.82) is 0 Å². The van der Waals surface area contributed by atoms with Crippen LogP contribution in [0.3, 0.4) is 0 Å². The van der Waals surface area contributed by atoms with Gasteiger partial charge in [-0.15, -0.1) is 0 Å². The highest BCUT2D eigenvalue weighted by Gasteiger charge is 2.37. The topological polar surface area (TPSA) is 40.5 Å². The molecule has 2 nitrogen and oxygen atoms in total. The molecule has 96 valence electrons. The second kappa shape index (κ2) is 5.24. The molecule has 2 atom stereocenters. The third-order valence-electron chi connectivity index (χ3n) is 2.21. The van der Waals surface area contributed by atoms with Crippen molar-refractivity contribution in [2.24, 2.45) is 0 Å². The fourth-order valence-corrected chi connectivity index (χ4v) is 1.58. The third kappa shape index (κ3) is 3.11. The molecule has 0 amide bonds. The lowest BCUT2D eigenvalue weighted by molar-refractivity contribution is -0.140. The zero-order valence-electron chi connectivity index (χ0n) is 8.45. The fraction of sp³-hybridized carbons (Fsp3) is 0.400. The summed E-state index contributed by atoms with van der Waals surface area (Å²) in [5.74, 6) is -1.50. The predicted molar refractivity (Wildman–Crippen MR) is 56.2 cm³/mol. The van der Waals surface area contributed by atoms with Gasteiger partial charge in [-0.2, -0.15) is 25.8 Å². The minimum absolute atomic E-state index is 0.285. The quantitative estimate of drug-likeness (QED) is 0.582. The van der Waals surface area contributed by atoms with Crippen LogP contribution in [0.2, 0.25) is 0 Å². The molecule has 17 heavy (non-hydrogen) atoms. The van der Waals surface area contributed by atoms with E-state index in [4.69, 9.17) is 0 Å². The second-order valence-corrected chi connectivity index (χ2v) is 3.76. The Morgan fingerprint density at radius 1 is 1.24 bits per heavy atom. The zero-order valence-corrected chi connectivity index (χ0v) is 9.34. The van der Waals surface area contributed by atoms with Crippen molar-refractivity contribution in [1.82, 2.24) is 0 Å². The standard InChI is InChI=1S/C10H10F4O2S/c11-6-3-1-2-5(10(12,13)14)8(6)9(16)7(15)4-17/h1-3,7,9,15-17H,4H2. The van der Waals surface area contributed by atoms with Gasteiger partial charge in [0, 0.05) is 11.3 Å². The molecule has 0 aromatic heterocycles. The molecular weight excluding hydrogens is 260 g/mol. The molecule has 0 radical (unpaired) electrons. The molecule has 0 fully saturated rings. The highest BCUT2D eigenvalue weighted by molar-refractivity contribution is 7.80. The van der Waals surface area contributed by atoms with E-state index in [0.29, 0.717) is 6.07 Å². The summed E-state index contributed by atoms with van der Waals surface area (Å²) in [6.45, 7) is 0. The van der Waals surface area contributed by atoms with Gasteiger partial charge in [0.05, 0.1) is 11.7 Å². The molecule has 7 heteroatoms. The SMILES string of the molecule is OC(CS)C(O)c1c(F)cccc1C(F)(F)F. The Hall–Kier alpha value is -0.790. The van der Waals surface area contributed by atoms with Gasteiger partial charge >= 0.3 is 6.18 Å². The molecule has 0 bridgehead atoms. The van der Waals surface area contributed by atoms with E-state index >= 15 is 0 Å². The molecule has 1 rings (SSSR count). The molecule has 2 N–H and O–H groups in total. The van der Waals surface area contributed by atoms with E-state index in [1.165, 1.54) is 0 Å². The summed E-state index contributed by atoms with van der Waals surface area (Å²) in [4.78, 5) is 0. The van der Waals surface area contributed by atoms with Crippen molar-refractivity contribution in [3.8, 4) is 0 Å². The first-order valence-corrected chi connectivity index (χ1v) is 5.25. The van der Waals surface area contributed by atoms with Crippen LogP contribution in [0.15, 0.2) is 18.2 Å². The molecule has 0 aliphatic carbocycles. The molecule has 0 aliphatic rings. The number of alkyl halides is 3. The Morgan fingerprint density at radius 3 is 2.29 bits per heavy atom. The van der Waals surface area contributed by atoms with E-state index in [1.54, 1.807) is 0 Å². The van der Waals surface area contributed by atoms with Gasteiger partial charge < -0.3 is 10.2 Å². The van der Waals surface area contributed by atoms with Crippen LogP contribution in [-0.4, -0.2) is 22.1 Å². The van der Waals surface area contributed by atoms with Crippen molar-refractivity contribution in [2.75, 3.05) is 5.75 Å². The number of hydrogen-bond acceptors (Lipinski definition) is 3. The summed E-state index contributed by atoms with van der Waals surface area (Å²) in [5, 5.41) is 18.7. The minimum Gasteiger partial charge on any atom is -0.389 e. The molecule has 0 saturated carbocycles. The third-order valence-corrected chi connectivity index (χ3v) is 2.58. The van der Waals surface area contributed by atoms with E-state index in [2.05, 4.69) is 12.6 Å². The zero-order chi connectivity index (χ0) is 13.2. The number of rotatable bonds is 3. The Bertz CT molecular complexity index is 394. The Labute approximate surface area is 100 Å². The van der Waals surface area contributed by atoms with Crippen LogP contribution in [0.4, 0.5) is 17.6 Å². The van der Waals surface area contributed by atoms with Crippen LogP contribution >= 0.6 is 12.6 Å². The highest BCUT2D eigenvalue weighted by atomic mass is 32.1. The van der Waals surface area contributed by atoms with Crippen LogP contribution in [0, 0.1) is 5.82 Å². The predicted octanol–water partition coefficient (Wildman–Crippen LogP) is 2.17. The smallest absolute Gasteiger partial charge is 0.389 e. The van der Waals surface area contributed by atoms with Crippen LogP contribution < -0.4 is 0 Å². The first-order chi connectivity index (χ1) is 7.79. The number of aliphatic hydroxyl groups excluding tert-OH is 2. The van der Waals surface area contributed by atoms with Gasteiger partial charge in [-0.05, 0) is 12.1 Å². The molecule has 1 aromatic carbocycles. The molecule has 0 saturated heterocycles. The molecule has 0 heterocycles. The van der Waals surface area contributed by atoms with E-state index < -0.39 is 35.3 Å². The number of halogens is 4. The van der Waals surface area contributed by atoms with Crippen LogP contribution in [0.1, 0.15) is 17.2 Å². The number of aliphatic hydroxyl groups is 2. The molecule has 2 unspecified atom stereocenters. The van der Waals surface area contributed by atoms with Gasteiger partial charge in [0.2, 0.25) is 0 Å². The summed E-state index contributed by atoms with van der Waals surface area (Å²) < 4.78 is 51.1. The van der Waals surface area contributed by atoms with Gasteiger partial charge in [0.15, 0.2) is 0 Å². The maximum atomic E-state index is 13.3. The molecule has 0 aliphatic heterocycles. The monoisotopic (exact) mass is 270 g/mol. The maximum absolute atomic E-state index is 13.3. The van der Waals surface area contributed by atoms with Gasteiger partial charge in [-0.3, -0.25) is 0 Å². The lowest BCUT2D eigenvalue weighted by atomic mass is 9.98. The van der Waals surface area contributed by atoms with Crippen LogP contribution in [0.5, 0.6) is 0 Å². The van der Waals surface area contributed by atoms with Gasteiger partial charge in [-0.1, -0.05) is 6.07 Å². The minimum atomic E-state index is -4.80. The average Bonchev–Trinajstić information content (AvgIpc) is 2.25. The lowest BCUT2D eigenvalue weighted by Gasteiger charge is -2.21. The summed E-state index contributed by atoms with van der Waals surface area (Å²) in [6.07, 6.45) is -8.34. The molecule has 0 spiro atoms. The summed E-state index contributed by atoms with van der Waals surface area (Å²) in [5.41, 5.74) is -2.26.